The molecule has 0 spiro atoms. The van der Waals surface area contributed by atoms with Gasteiger partial charge < -0.3 is 0 Å². The van der Waals surface area contributed by atoms with Gasteiger partial charge in [0.05, 0.1) is 0 Å². The molecule has 106 valence electrons. The molecular formula is C17H17Br3. The van der Waals surface area contributed by atoms with Crippen molar-refractivity contribution in [1.82, 2.24) is 0 Å². The lowest BCUT2D eigenvalue weighted by Crippen LogP contribution is -2.00. The molecule has 3 heteroatoms. The lowest BCUT2D eigenvalue weighted by Gasteiger charge is -2.16. The minimum absolute atomic E-state index is 0.300. The maximum Gasteiger partial charge on any atom is 0.0447 e. The maximum absolute atomic E-state index is 3.84. The quantitative estimate of drug-likeness (QED) is 0.441. The molecule has 20 heavy (non-hydrogen) atoms. The van der Waals surface area contributed by atoms with E-state index in [0.29, 0.717) is 4.83 Å². The second-order valence-electron chi connectivity index (χ2n) is 5.22. The Labute approximate surface area is 146 Å². The van der Waals surface area contributed by atoms with E-state index >= 15 is 0 Å². The van der Waals surface area contributed by atoms with Crippen LogP contribution in [0.5, 0.6) is 0 Å². The molecule has 1 atom stereocenters. The van der Waals surface area contributed by atoms with Gasteiger partial charge in [-0.15, -0.1) is 0 Å². The third-order valence-electron chi connectivity index (χ3n) is 3.52. The van der Waals surface area contributed by atoms with Gasteiger partial charge in [-0.3, -0.25) is 0 Å². The van der Waals surface area contributed by atoms with Crippen molar-refractivity contribution in [2.45, 2.75) is 32.0 Å². The Balaban J connectivity index is 2.30. The van der Waals surface area contributed by atoms with Crippen molar-refractivity contribution in [2.75, 3.05) is 0 Å². The number of aryl methyl sites for hydroxylation is 3. The monoisotopic (exact) mass is 458 g/mol. The standard InChI is InChI=1S/C17H17Br3/c1-10-4-5-11(2)13(6-10)8-17(20)14-9-15(18)12(3)7-16(14)19/h4-7,9,17H,8H2,1-3H3. The van der Waals surface area contributed by atoms with Crippen LogP contribution in [0, 0.1) is 20.8 Å². The van der Waals surface area contributed by atoms with E-state index in [4.69, 9.17) is 0 Å². The summed E-state index contributed by atoms with van der Waals surface area (Å²) in [5, 5.41) is 0. The molecule has 0 amide bonds. The van der Waals surface area contributed by atoms with Gasteiger partial charge in [-0.2, -0.15) is 0 Å². The van der Waals surface area contributed by atoms with Crippen LogP contribution < -0.4 is 0 Å². The van der Waals surface area contributed by atoms with Crippen LogP contribution in [0.1, 0.15) is 32.6 Å². The molecule has 2 aromatic rings. The summed E-state index contributed by atoms with van der Waals surface area (Å²) >= 11 is 11.1. The Bertz CT molecular complexity index is 632. The molecule has 0 saturated heterocycles. The molecule has 2 aromatic carbocycles. The zero-order valence-electron chi connectivity index (χ0n) is 11.8. The molecule has 2 rings (SSSR count). The van der Waals surface area contributed by atoms with Crippen molar-refractivity contribution in [3.8, 4) is 0 Å². The Morgan fingerprint density at radius 1 is 0.900 bits per heavy atom. The summed E-state index contributed by atoms with van der Waals surface area (Å²) in [5.74, 6) is 0. The fourth-order valence-electron chi connectivity index (χ4n) is 2.22. The first-order valence-electron chi connectivity index (χ1n) is 6.54. The number of hydrogen-bond donors (Lipinski definition) is 0. The van der Waals surface area contributed by atoms with Crippen molar-refractivity contribution in [2.24, 2.45) is 0 Å². The van der Waals surface area contributed by atoms with Crippen molar-refractivity contribution in [1.29, 1.82) is 0 Å². The molecule has 0 bridgehead atoms. The van der Waals surface area contributed by atoms with E-state index in [1.807, 2.05) is 0 Å². The van der Waals surface area contributed by atoms with Crippen LogP contribution in [-0.4, -0.2) is 0 Å². The van der Waals surface area contributed by atoms with Crippen LogP contribution >= 0.6 is 47.8 Å². The van der Waals surface area contributed by atoms with Gasteiger partial charge in [0, 0.05) is 13.8 Å². The highest BCUT2D eigenvalue weighted by atomic mass is 79.9. The van der Waals surface area contributed by atoms with Crippen molar-refractivity contribution >= 4 is 47.8 Å². The molecule has 0 saturated carbocycles. The predicted molar refractivity (Wildman–Crippen MR) is 97.9 cm³/mol. The average molecular weight is 461 g/mol. The second-order valence-corrected chi connectivity index (χ2v) is 8.04. The zero-order valence-corrected chi connectivity index (χ0v) is 16.6. The summed E-state index contributed by atoms with van der Waals surface area (Å²) in [7, 11) is 0. The second kappa shape index (κ2) is 6.76. The van der Waals surface area contributed by atoms with Gasteiger partial charge in [0.2, 0.25) is 0 Å². The molecule has 0 heterocycles. The van der Waals surface area contributed by atoms with Crippen LogP contribution in [0.2, 0.25) is 0 Å². The van der Waals surface area contributed by atoms with Crippen molar-refractivity contribution in [3.05, 3.63) is 67.1 Å². The Kier molecular flexibility index (Phi) is 5.49. The molecule has 0 nitrogen and oxygen atoms in total. The molecule has 0 radical (unpaired) electrons. The average Bonchev–Trinajstić information content (AvgIpc) is 2.38. The Morgan fingerprint density at radius 3 is 2.30 bits per heavy atom. The highest BCUT2D eigenvalue weighted by Gasteiger charge is 2.15. The first kappa shape index (κ1) is 16.3. The third kappa shape index (κ3) is 3.75. The summed E-state index contributed by atoms with van der Waals surface area (Å²) in [6.45, 7) is 6.42. The molecule has 0 aliphatic heterocycles. The zero-order chi connectivity index (χ0) is 14.9. The number of hydrogen-bond acceptors (Lipinski definition) is 0. The van der Waals surface area contributed by atoms with E-state index in [-0.39, 0.29) is 0 Å². The largest absolute Gasteiger partial charge is 0.0835 e. The van der Waals surface area contributed by atoms with E-state index in [2.05, 4.69) is 98.9 Å². The lowest BCUT2D eigenvalue weighted by molar-refractivity contribution is 0.929. The highest BCUT2D eigenvalue weighted by Crippen LogP contribution is 2.36. The van der Waals surface area contributed by atoms with Gasteiger partial charge >= 0.3 is 0 Å². The summed E-state index contributed by atoms with van der Waals surface area (Å²) in [4.78, 5) is 0.300. The Morgan fingerprint density at radius 2 is 1.60 bits per heavy atom. The lowest BCUT2D eigenvalue weighted by atomic mass is 9.98. The van der Waals surface area contributed by atoms with Gasteiger partial charge in [-0.25, -0.2) is 0 Å². The van der Waals surface area contributed by atoms with Gasteiger partial charge in [0.25, 0.3) is 0 Å². The first-order chi connectivity index (χ1) is 9.38. The first-order valence-corrected chi connectivity index (χ1v) is 9.04. The number of halogens is 3. The maximum atomic E-state index is 3.84. The van der Waals surface area contributed by atoms with Crippen LogP contribution in [0.4, 0.5) is 0 Å². The van der Waals surface area contributed by atoms with Crippen molar-refractivity contribution in [3.63, 3.8) is 0 Å². The van der Waals surface area contributed by atoms with E-state index < -0.39 is 0 Å². The smallest absolute Gasteiger partial charge is 0.0447 e. The van der Waals surface area contributed by atoms with E-state index in [9.17, 15) is 0 Å². The molecule has 0 N–H and O–H groups in total. The van der Waals surface area contributed by atoms with E-state index in [0.717, 1.165) is 15.4 Å². The normalized spacial score (nSPS) is 12.5. The topological polar surface area (TPSA) is 0 Å². The van der Waals surface area contributed by atoms with E-state index in [1.165, 1.54) is 27.8 Å². The summed E-state index contributed by atoms with van der Waals surface area (Å²) in [6.07, 6.45) is 0.988. The molecule has 0 aromatic heterocycles. The number of alkyl halides is 1. The molecular weight excluding hydrogens is 444 g/mol. The predicted octanol–water partition coefficient (Wildman–Crippen LogP) is 6.82. The van der Waals surface area contributed by atoms with E-state index in [1.54, 1.807) is 0 Å². The fraction of sp³-hybridized carbons (Fsp3) is 0.294. The van der Waals surface area contributed by atoms with Gasteiger partial charge in [-0.1, -0.05) is 71.6 Å². The number of rotatable bonds is 3. The molecule has 1 unspecified atom stereocenters. The third-order valence-corrected chi connectivity index (χ3v) is 5.88. The molecule has 0 aliphatic rings. The van der Waals surface area contributed by atoms with Crippen LogP contribution in [0.3, 0.4) is 0 Å². The number of benzene rings is 2. The van der Waals surface area contributed by atoms with Crippen LogP contribution in [0.25, 0.3) is 0 Å². The fourth-order valence-corrected chi connectivity index (χ4v) is 4.35. The molecule has 0 fully saturated rings. The SMILES string of the molecule is Cc1ccc(C)c(CC(Br)c2cc(Br)c(C)cc2Br)c1. The summed E-state index contributed by atoms with van der Waals surface area (Å²) in [5.41, 5.74) is 6.59. The minimum Gasteiger partial charge on any atom is -0.0835 e. The van der Waals surface area contributed by atoms with Crippen molar-refractivity contribution < 1.29 is 0 Å². The summed E-state index contributed by atoms with van der Waals surface area (Å²) < 4.78 is 2.31. The molecule has 0 aliphatic carbocycles. The van der Waals surface area contributed by atoms with Gasteiger partial charge in [-0.05, 0) is 61.6 Å². The van der Waals surface area contributed by atoms with Crippen LogP contribution in [-0.2, 0) is 6.42 Å². The van der Waals surface area contributed by atoms with Gasteiger partial charge in [0.1, 0.15) is 0 Å². The summed E-state index contributed by atoms with van der Waals surface area (Å²) in [6, 6.07) is 11.0. The van der Waals surface area contributed by atoms with Gasteiger partial charge in [0.15, 0.2) is 0 Å². The Hall–Kier alpha value is -0.120. The van der Waals surface area contributed by atoms with Crippen LogP contribution in [0.15, 0.2) is 39.3 Å². The highest BCUT2D eigenvalue weighted by molar-refractivity contribution is 9.11. The minimum atomic E-state index is 0.300.